The Hall–Kier alpha value is -4.39. The van der Waals surface area contributed by atoms with E-state index in [0.29, 0.717) is 35.0 Å². The van der Waals surface area contributed by atoms with Crippen LogP contribution in [0, 0.1) is 13.8 Å². The highest BCUT2D eigenvalue weighted by molar-refractivity contribution is 6.67. The summed E-state index contributed by atoms with van der Waals surface area (Å²) >= 11 is 5.17. The summed E-state index contributed by atoms with van der Waals surface area (Å²) in [5, 5.41) is -0.512. The first-order valence-electron chi connectivity index (χ1n) is 14.5. The fourth-order valence-electron chi connectivity index (χ4n) is 3.89. The van der Waals surface area contributed by atoms with Crippen molar-refractivity contribution in [3.8, 4) is 0 Å². The van der Waals surface area contributed by atoms with Crippen molar-refractivity contribution in [2.24, 2.45) is 0 Å². The van der Waals surface area contributed by atoms with Crippen LogP contribution in [-0.2, 0) is 6.42 Å². The molecular formula is C37H43ClN2O4. The minimum atomic E-state index is -0.512. The molecule has 0 radical (unpaired) electrons. The summed E-state index contributed by atoms with van der Waals surface area (Å²) in [5.74, 6) is 0.0676. The Labute approximate surface area is 266 Å². The van der Waals surface area contributed by atoms with E-state index in [4.69, 9.17) is 17.3 Å². The largest absolute Gasteiger partial charge is 0.399 e. The second-order valence-corrected chi connectivity index (χ2v) is 10.2. The molecule has 4 aromatic carbocycles. The summed E-state index contributed by atoms with van der Waals surface area (Å²) < 4.78 is 0. The van der Waals surface area contributed by atoms with Gasteiger partial charge in [0, 0.05) is 34.4 Å². The van der Waals surface area contributed by atoms with E-state index in [0.717, 1.165) is 23.1 Å². The highest BCUT2D eigenvalue weighted by Gasteiger charge is 2.07. The van der Waals surface area contributed by atoms with Gasteiger partial charge in [0.15, 0.2) is 5.78 Å². The average Bonchev–Trinajstić information content (AvgIpc) is 3.03. The number of carbonyl (C=O) groups excluding carboxylic acids is 4. The van der Waals surface area contributed by atoms with Gasteiger partial charge in [-0.3, -0.25) is 19.2 Å². The van der Waals surface area contributed by atoms with Gasteiger partial charge in [-0.1, -0.05) is 99.1 Å². The quantitative estimate of drug-likeness (QED) is 0.0887. The lowest BCUT2D eigenvalue weighted by molar-refractivity contribution is 0.0991. The summed E-state index contributed by atoms with van der Waals surface area (Å²) in [6, 6.07) is 28.6. The van der Waals surface area contributed by atoms with E-state index in [1.54, 1.807) is 36.4 Å². The van der Waals surface area contributed by atoms with Crippen molar-refractivity contribution in [1.29, 1.82) is 0 Å². The zero-order chi connectivity index (χ0) is 32.9. The molecule has 0 spiro atoms. The highest BCUT2D eigenvalue weighted by Crippen LogP contribution is 2.10. The van der Waals surface area contributed by atoms with Crippen LogP contribution in [0.1, 0.15) is 78.9 Å². The fraction of sp³-hybridized carbons (Fsp3) is 0.243. The summed E-state index contributed by atoms with van der Waals surface area (Å²) in [6.07, 6.45) is 1.87. The minimum absolute atomic E-state index is 0.0676. The molecule has 0 amide bonds. The van der Waals surface area contributed by atoms with Gasteiger partial charge in [-0.25, -0.2) is 0 Å². The molecule has 0 atom stereocenters. The SMILES string of the molecule is CCN(CC)CC.Cc1cccc(CC(=O)c2ccc(C=O)cc2)c1.Cc1cccc(N)c1.O=Cc1ccc(C(=O)Cl)cc1. The third-order valence-corrected chi connectivity index (χ3v) is 6.69. The number of Topliss-reactive ketones (excluding diaryl/α,β-unsaturated/α-hetero) is 1. The zero-order valence-electron chi connectivity index (χ0n) is 26.3. The number of anilines is 1. The van der Waals surface area contributed by atoms with Crippen LogP contribution < -0.4 is 5.73 Å². The summed E-state index contributed by atoms with van der Waals surface area (Å²) in [6.45, 7) is 14.2. The summed E-state index contributed by atoms with van der Waals surface area (Å²) in [5.41, 5.74) is 11.8. The smallest absolute Gasteiger partial charge is 0.252 e. The highest BCUT2D eigenvalue weighted by atomic mass is 35.5. The number of nitrogens with two attached hydrogens (primary N) is 1. The number of nitrogens with zero attached hydrogens (tertiary/aromatic N) is 1. The molecule has 0 aliphatic carbocycles. The van der Waals surface area contributed by atoms with E-state index >= 15 is 0 Å². The van der Waals surface area contributed by atoms with Crippen molar-refractivity contribution in [2.45, 2.75) is 41.0 Å². The van der Waals surface area contributed by atoms with Gasteiger partial charge in [-0.15, -0.1) is 0 Å². The molecule has 0 aliphatic heterocycles. The number of nitrogen functional groups attached to an aromatic ring is 1. The number of rotatable bonds is 9. The molecule has 6 nitrogen and oxygen atoms in total. The van der Waals surface area contributed by atoms with Crippen LogP contribution in [0.4, 0.5) is 5.69 Å². The Kier molecular flexibility index (Phi) is 18.2. The van der Waals surface area contributed by atoms with Gasteiger partial charge in [0.2, 0.25) is 0 Å². The van der Waals surface area contributed by atoms with E-state index in [1.165, 1.54) is 37.3 Å². The van der Waals surface area contributed by atoms with Gasteiger partial charge >= 0.3 is 0 Å². The Morgan fingerprint density at radius 1 is 0.682 bits per heavy atom. The summed E-state index contributed by atoms with van der Waals surface area (Å²) in [4.78, 5) is 45.6. The lowest BCUT2D eigenvalue weighted by atomic mass is 10.0. The molecule has 0 saturated carbocycles. The number of carbonyl (C=O) groups is 4. The molecule has 0 fully saturated rings. The van der Waals surface area contributed by atoms with Crippen LogP contribution in [0.3, 0.4) is 0 Å². The second-order valence-electron chi connectivity index (χ2n) is 9.88. The number of ketones is 1. The maximum Gasteiger partial charge on any atom is 0.252 e. The second kappa shape index (κ2) is 21.3. The Bertz CT molecular complexity index is 1420. The number of benzene rings is 4. The monoisotopic (exact) mass is 614 g/mol. The van der Waals surface area contributed by atoms with Crippen LogP contribution in [0.5, 0.6) is 0 Å². The predicted molar refractivity (Wildman–Crippen MR) is 182 cm³/mol. The molecule has 0 aromatic heterocycles. The number of hydrogen-bond acceptors (Lipinski definition) is 6. The van der Waals surface area contributed by atoms with Crippen molar-refractivity contribution < 1.29 is 19.2 Å². The number of aryl methyl sites for hydroxylation is 2. The number of aldehydes is 2. The first-order chi connectivity index (χ1) is 21.1. The minimum Gasteiger partial charge on any atom is -0.399 e. The molecule has 2 N–H and O–H groups in total. The number of hydrogen-bond donors (Lipinski definition) is 1. The first-order valence-corrected chi connectivity index (χ1v) is 14.9. The molecule has 0 heterocycles. The van der Waals surface area contributed by atoms with Crippen LogP contribution in [0.25, 0.3) is 0 Å². The standard InChI is InChI=1S/C16H14O2.C8H5ClO2.C7H9N.C6H15N/c1-12-3-2-4-14(9-12)10-16(18)15-7-5-13(11-17)6-8-15;9-8(11)7-3-1-6(5-10)2-4-7;1-6-3-2-4-7(8)5-6;1-4-7(5-2)6-3/h2-9,11H,10H2,1H3;1-5H;2-5H,8H2,1H3;4-6H2,1-3H3. The molecule has 0 unspecified atom stereocenters. The van der Waals surface area contributed by atoms with Crippen LogP contribution >= 0.6 is 11.6 Å². The molecule has 0 bridgehead atoms. The van der Waals surface area contributed by atoms with Crippen LogP contribution in [0.2, 0.25) is 0 Å². The van der Waals surface area contributed by atoms with E-state index in [2.05, 4.69) is 25.7 Å². The molecule has 7 heteroatoms. The van der Waals surface area contributed by atoms with Crippen LogP contribution in [-0.4, -0.2) is 48.1 Å². The van der Waals surface area contributed by atoms with Crippen molar-refractivity contribution in [1.82, 2.24) is 4.90 Å². The van der Waals surface area contributed by atoms with Crippen LogP contribution in [0.15, 0.2) is 97.1 Å². The van der Waals surface area contributed by atoms with Crippen molar-refractivity contribution in [3.63, 3.8) is 0 Å². The van der Waals surface area contributed by atoms with Gasteiger partial charge in [0.1, 0.15) is 12.6 Å². The third kappa shape index (κ3) is 15.2. The Morgan fingerprint density at radius 3 is 1.48 bits per heavy atom. The molecule has 44 heavy (non-hydrogen) atoms. The molecular weight excluding hydrogens is 572 g/mol. The van der Waals surface area contributed by atoms with Crippen molar-refractivity contribution >= 4 is 40.9 Å². The Morgan fingerprint density at radius 2 is 1.14 bits per heavy atom. The van der Waals surface area contributed by atoms with Gasteiger partial charge in [0.05, 0.1) is 0 Å². The van der Waals surface area contributed by atoms with Gasteiger partial charge in [-0.05, 0) is 80.5 Å². The van der Waals surface area contributed by atoms with Gasteiger partial charge in [-0.2, -0.15) is 0 Å². The predicted octanol–water partition coefficient (Wildman–Crippen LogP) is 8.04. The number of halogens is 1. The fourth-order valence-corrected chi connectivity index (χ4v) is 4.02. The zero-order valence-corrected chi connectivity index (χ0v) is 27.0. The molecule has 4 aromatic rings. The van der Waals surface area contributed by atoms with Crippen molar-refractivity contribution in [3.05, 3.63) is 136 Å². The van der Waals surface area contributed by atoms with Gasteiger partial charge in [0.25, 0.3) is 5.24 Å². The lowest BCUT2D eigenvalue weighted by Crippen LogP contribution is -2.21. The molecule has 232 valence electrons. The molecule has 4 rings (SSSR count). The summed E-state index contributed by atoms with van der Waals surface area (Å²) in [7, 11) is 0. The maximum absolute atomic E-state index is 12.0. The van der Waals surface area contributed by atoms with Crippen molar-refractivity contribution in [2.75, 3.05) is 25.4 Å². The Balaban J connectivity index is 0.000000319. The molecule has 0 aliphatic rings. The average molecular weight is 615 g/mol. The van der Waals surface area contributed by atoms with E-state index in [1.807, 2.05) is 62.4 Å². The third-order valence-electron chi connectivity index (χ3n) is 6.47. The van der Waals surface area contributed by atoms with E-state index in [9.17, 15) is 19.2 Å². The first kappa shape index (κ1) is 37.6. The topological polar surface area (TPSA) is 97.5 Å². The van der Waals surface area contributed by atoms with Gasteiger partial charge < -0.3 is 10.6 Å². The van der Waals surface area contributed by atoms with E-state index < -0.39 is 5.24 Å². The molecule has 0 saturated heterocycles. The maximum atomic E-state index is 12.0. The van der Waals surface area contributed by atoms with E-state index in [-0.39, 0.29) is 5.78 Å². The normalized spacial score (nSPS) is 9.70. The lowest BCUT2D eigenvalue weighted by Gasteiger charge is -2.13.